The van der Waals surface area contributed by atoms with Crippen LogP contribution >= 0.6 is 22.6 Å². The normalized spacial score (nSPS) is 28.1. The Labute approximate surface area is 61.7 Å². The lowest BCUT2D eigenvalue weighted by atomic mass is 10.1. The molecule has 1 fully saturated rings. The highest BCUT2D eigenvalue weighted by Gasteiger charge is 2.24. The topological polar surface area (TPSA) is 26.3 Å². The standard InChI is InChI=1S/C5H7IO2/c6-3-4-1-2-8-5(4)7/h4H,1-3H2/t4-/m1/s1. The van der Waals surface area contributed by atoms with Crippen LogP contribution in [0.25, 0.3) is 0 Å². The van der Waals surface area contributed by atoms with Gasteiger partial charge in [-0.05, 0) is 6.42 Å². The van der Waals surface area contributed by atoms with E-state index in [0.717, 1.165) is 10.8 Å². The molecule has 1 saturated heterocycles. The highest BCUT2D eigenvalue weighted by atomic mass is 127. The second kappa shape index (κ2) is 2.66. The van der Waals surface area contributed by atoms with Crippen molar-refractivity contribution < 1.29 is 9.53 Å². The first kappa shape index (κ1) is 6.32. The van der Waals surface area contributed by atoms with Crippen LogP contribution in [0, 0.1) is 5.92 Å². The third-order valence-corrected chi connectivity index (χ3v) is 2.29. The monoisotopic (exact) mass is 226 g/mol. The molecule has 8 heavy (non-hydrogen) atoms. The minimum absolute atomic E-state index is 0.0144. The average Bonchev–Trinajstić information content (AvgIpc) is 2.14. The number of esters is 1. The third kappa shape index (κ3) is 1.13. The largest absolute Gasteiger partial charge is 0.465 e. The van der Waals surface area contributed by atoms with Gasteiger partial charge in [0.2, 0.25) is 0 Å². The zero-order valence-corrected chi connectivity index (χ0v) is 6.55. The molecule has 0 bridgehead atoms. The third-order valence-electron chi connectivity index (χ3n) is 1.23. The molecular weight excluding hydrogens is 219 g/mol. The quantitative estimate of drug-likeness (QED) is 0.378. The van der Waals surface area contributed by atoms with Crippen molar-refractivity contribution in [2.75, 3.05) is 11.0 Å². The van der Waals surface area contributed by atoms with Gasteiger partial charge in [0.25, 0.3) is 0 Å². The number of hydrogen-bond acceptors (Lipinski definition) is 2. The Hall–Kier alpha value is 0.200. The minimum Gasteiger partial charge on any atom is -0.465 e. The lowest BCUT2D eigenvalue weighted by Gasteiger charge is -1.94. The molecule has 1 heterocycles. The van der Waals surface area contributed by atoms with Crippen molar-refractivity contribution in [2.24, 2.45) is 5.92 Å². The average molecular weight is 226 g/mol. The van der Waals surface area contributed by atoms with Crippen molar-refractivity contribution >= 4 is 28.6 Å². The number of carbonyl (C=O) groups excluding carboxylic acids is 1. The van der Waals surface area contributed by atoms with Crippen LogP contribution in [-0.2, 0) is 9.53 Å². The second-order valence-corrected chi connectivity index (χ2v) is 2.69. The van der Waals surface area contributed by atoms with Gasteiger partial charge in [0.15, 0.2) is 0 Å². The fourth-order valence-electron chi connectivity index (χ4n) is 0.678. The van der Waals surface area contributed by atoms with Gasteiger partial charge in [-0.25, -0.2) is 0 Å². The van der Waals surface area contributed by atoms with Crippen LogP contribution in [0.3, 0.4) is 0 Å². The summed E-state index contributed by atoms with van der Waals surface area (Å²) in [5, 5.41) is 0. The summed E-state index contributed by atoms with van der Waals surface area (Å²) < 4.78 is 5.61. The smallest absolute Gasteiger partial charge is 0.309 e. The van der Waals surface area contributed by atoms with Crippen molar-refractivity contribution in [2.45, 2.75) is 6.42 Å². The minimum atomic E-state index is -0.0144. The zero-order valence-electron chi connectivity index (χ0n) is 4.39. The van der Waals surface area contributed by atoms with Gasteiger partial charge in [0, 0.05) is 4.43 Å². The first-order chi connectivity index (χ1) is 3.84. The van der Waals surface area contributed by atoms with E-state index in [4.69, 9.17) is 4.74 Å². The number of hydrogen-bond donors (Lipinski definition) is 0. The molecule has 0 aromatic rings. The van der Waals surface area contributed by atoms with Crippen molar-refractivity contribution in [3.05, 3.63) is 0 Å². The van der Waals surface area contributed by atoms with Crippen LogP contribution in [0.4, 0.5) is 0 Å². The molecule has 0 N–H and O–H groups in total. The summed E-state index contributed by atoms with van der Waals surface area (Å²) in [4.78, 5) is 10.6. The molecule has 1 aliphatic heterocycles. The Balaban J connectivity index is 2.42. The first-order valence-corrected chi connectivity index (χ1v) is 4.09. The Morgan fingerprint density at radius 1 is 1.88 bits per heavy atom. The van der Waals surface area contributed by atoms with Gasteiger partial charge in [-0.1, -0.05) is 22.6 Å². The molecule has 0 aromatic carbocycles. The number of cyclic esters (lactones) is 1. The lowest BCUT2D eigenvalue weighted by molar-refractivity contribution is -0.140. The van der Waals surface area contributed by atoms with Crippen LogP contribution in [0.2, 0.25) is 0 Å². The van der Waals surface area contributed by atoms with Crippen LogP contribution < -0.4 is 0 Å². The molecule has 0 spiro atoms. The predicted molar refractivity (Wildman–Crippen MR) is 38.0 cm³/mol. The van der Waals surface area contributed by atoms with E-state index in [0.29, 0.717) is 6.61 Å². The molecule has 1 aliphatic rings. The molecule has 0 unspecified atom stereocenters. The molecule has 0 saturated carbocycles. The van der Waals surface area contributed by atoms with E-state index in [1.54, 1.807) is 0 Å². The number of rotatable bonds is 1. The Kier molecular flexibility index (Phi) is 2.10. The van der Waals surface area contributed by atoms with Crippen molar-refractivity contribution in [1.29, 1.82) is 0 Å². The van der Waals surface area contributed by atoms with E-state index in [2.05, 4.69) is 22.6 Å². The lowest BCUT2D eigenvalue weighted by Crippen LogP contribution is -2.07. The molecular formula is C5H7IO2. The van der Waals surface area contributed by atoms with Gasteiger partial charge >= 0.3 is 5.97 Å². The molecule has 46 valence electrons. The molecule has 1 rings (SSSR count). The van der Waals surface area contributed by atoms with Crippen molar-refractivity contribution in [1.82, 2.24) is 0 Å². The Morgan fingerprint density at radius 3 is 2.88 bits per heavy atom. The van der Waals surface area contributed by atoms with E-state index in [9.17, 15) is 4.79 Å². The highest BCUT2D eigenvalue weighted by Crippen LogP contribution is 2.15. The predicted octanol–water partition coefficient (Wildman–Crippen LogP) is 0.985. The van der Waals surface area contributed by atoms with Crippen LogP contribution in [0.15, 0.2) is 0 Å². The zero-order chi connectivity index (χ0) is 5.98. The summed E-state index contributed by atoms with van der Waals surface area (Å²) in [6.07, 6.45) is 0.918. The highest BCUT2D eigenvalue weighted by molar-refractivity contribution is 14.1. The molecule has 3 heteroatoms. The first-order valence-electron chi connectivity index (χ1n) is 2.57. The fraction of sp³-hybridized carbons (Fsp3) is 0.800. The Bertz CT molecular complexity index is 103. The van der Waals surface area contributed by atoms with Gasteiger partial charge in [0.1, 0.15) is 0 Å². The van der Waals surface area contributed by atoms with E-state index in [1.807, 2.05) is 0 Å². The summed E-state index contributed by atoms with van der Waals surface area (Å²) >= 11 is 2.20. The van der Waals surface area contributed by atoms with Crippen molar-refractivity contribution in [3.8, 4) is 0 Å². The number of halogens is 1. The molecule has 2 nitrogen and oxygen atoms in total. The summed E-state index contributed by atoms with van der Waals surface area (Å²) in [5.41, 5.74) is 0. The van der Waals surface area contributed by atoms with Gasteiger partial charge < -0.3 is 4.74 Å². The maximum absolute atomic E-state index is 10.6. The second-order valence-electron chi connectivity index (χ2n) is 1.81. The number of carbonyl (C=O) groups is 1. The number of alkyl halides is 1. The SMILES string of the molecule is O=C1OCC[C@@H]1CI. The van der Waals surface area contributed by atoms with E-state index < -0.39 is 0 Å². The summed E-state index contributed by atoms with van der Waals surface area (Å²) in [7, 11) is 0. The van der Waals surface area contributed by atoms with Gasteiger partial charge in [-0.15, -0.1) is 0 Å². The van der Waals surface area contributed by atoms with Crippen molar-refractivity contribution in [3.63, 3.8) is 0 Å². The fourth-order valence-corrected chi connectivity index (χ4v) is 1.48. The molecule has 0 amide bonds. The molecule has 0 aliphatic carbocycles. The molecule has 1 atom stereocenters. The van der Waals surface area contributed by atoms with Gasteiger partial charge in [-0.3, -0.25) is 4.79 Å². The molecule has 0 radical (unpaired) electrons. The maximum atomic E-state index is 10.6. The summed E-state index contributed by atoms with van der Waals surface area (Å²) in [6, 6.07) is 0. The maximum Gasteiger partial charge on any atom is 0.309 e. The molecule has 0 aromatic heterocycles. The van der Waals surface area contributed by atoms with Crippen LogP contribution in [-0.4, -0.2) is 17.0 Å². The van der Waals surface area contributed by atoms with Gasteiger partial charge in [-0.2, -0.15) is 0 Å². The summed E-state index contributed by atoms with van der Waals surface area (Å²) in [5.74, 6) is 0.176. The Morgan fingerprint density at radius 2 is 2.62 bits per heavy atom. The van der Waals surface area contributed by atoms with E-state index in [1.165, 1.54) is 0 Å². The van der Waals surface area contributed by atoms with Gasteiger partial charge in [0.05, 0.1) is 12.5 Å². The van der Waals surface area contributed by atoms with E-state index >= 15 is 0 Å². The van der Waals surface area contributed by atoms with Crippen LogP contribution in [0.5, 0.6) is 0 Å². The summed E-state index contributed by atoms with van der Waals surface area (Å²) in [6.45, 7) is 0.631. The van der Waals surface area contributed by atoms with E-state index in [-0.39, 0.29) is 11.9 Å². The number of ether oxygens (including phenoxy) is 1. The van der Waals surface area contributed by atoms with Crippen LogP contribution in [0.1, 0.15) is 6.42 Å².